The standard InChI is InChI=1S/C24H25N3O/c1-15-2-8-18(9-3-15)24-19-12-16(7-11-23(26)28)6-10-21(19)27-22(20(24)14-25)13-17-4-5-17/h2-3,6-12,17H,4-5,13-14,25H2,1H3,(H2,26,28). The third-order valence-electron chi connectivity index (χ3n) is 5.36. The molecule has 142 valence electrons. The molecule has 1 aromatic heterocycles. The lowest BCUT2D eigenvalue weighted by Gasteiger charge is -2.17. The highest BCUT2D eigenvalue weighted by atomic mass is 16.1. The summed E-state index contributed by atoms with van der Waals surface area (Å²) in [6.45, 7) is 2.54. The van der Waals surface area contributed by atoms with Crippen molar-refractivity contribution in [3.63, 3.8) is 0 Å². The summed E-state index contributed by atoms with van der Waals surface area (Å²) in [6.07, 6.45) is 6.66. The molecule has 4 rings (SSSR count). The van der Waals surface area contributed by atoms with Gasteiger partial charge in [0.1, 0.15) is 0 Å². The smallest absolute Gasteiger partial charge is 0.241 e. The lowest BCUT2D eigenvalue weighted by atomic mass is 9.91. The van der Waals surface area contributed by atoms with E-state index in [1.54, 1.807) is 6.08 Å². The van der Waals surface area contributed by atoms with E-state index >= 15 is 0 Å². The molecule has 1 aliphatic rings. The average Bonchev–Trinajstić information content (AvgIpc) is 3.50. The Hall–Kier alpha value is -2.98. The lowest BCUT2D eigenvalue weighted by Crippen LogP contribution is -2.08. The molecule has 0 spiro atoms. The Morgan fingerprint density at radius 3 is 2.57 bits per heavy atom. The number of carbonyl (C=O) groups is 1. The molecule has 4 heteroatoms. The summed E-state index contributed by atoms with van der Waals surface area (Å²) in [7, 11) is 0. The van der Waals surface area contributed by atoms with Gasteiger partial charge in [0.05, 0.1) is 5.52 Å². The molecule has 0 unspecified atom stereocenters. The van der Waals surface area contributed by atoms with Gasteiger partial charge in [-0.25, -0.2) is 0 Å². The first-order valence-electron chi connectivity index (χ1n) is 9.75. The predicted octanol–water partition coefficient (Wildman–Crippen LogP) is 4.12. The maximum atomic E-state index is 11.1. The minimum absolute atomic E-state index is 0.454. The second kappa shape index (κ2) is 7.56. The first-order chi connectivity index (χ1) is 13.5. The molecule has 0 saturated heterocycles. The molecule has 0 radical (unpaired) electrons. The molecule has 2 aromatic carbocycles. The van der Waals surface area contributed by atoms with Crippen LogP contribution in [0.2, 0.25) is 0 Å². The maximum absolute atomic E-state index is 11.1. The molecule has 0 atom stereocenters. The van der Waals surface area contributed by atoms with E-state index in [1.807, 2.05) is 12.1 Å². The molecule has 28 heavy (non-hydrogen) atoms. The van der Waals surface area contributed by atoms with Crippen molar-refractivity contribution < 1.29 is 4.79 Å². The van der Waals surface area contributed by atoms with Crippen LogP contribution >= 0.6 is 0 Å². The lowest BCUT2D eigenvalue weighted by molar-refractivity contribution is -0.113. The first kappa shape index (κ1) is 18.4. The summed E-state index contributed by atoms with van der Waals surface area (Å²) in [6, 6.07) is 14.6. The summed E-state index contributed by atoms with van der Waals surface area (Å²) in [5.41, 5.74) is 19.1. The molecule has 1 heterocycles. The van der Waals surface area contributed by atoms with Gasteiger partial charge < -0.3 is 11.5 Å². The molecule has 1 amide bonds. The van der Waals surface area contributed by atoms with Crippen LogP contribution in [-0.2, 0) is 17.8 Å². The van der Waals surface area contributed by atoms with Gasteiger partial charge in [-0.15, -0.1) is 0 Å². The van der Waals surface area contributed by atoms with Gasteiger partial charge in [0.25, 0.3) is 0 Å². The predicted molar refractivity (Wildman–Crippen MR) is 114 cm³/mol. The second-order valence-corrected chi connectivity index (χ2v) is 7.64. The second-order valence-electron chi connectivity index (χ2n) is 7.64. The van der Waals surface area contributed by atoms with Gasteiger partial charge in [0, 0.05) is 23.7 Å². The van der Waals surface area contributed by atoms with Crippen LogP contribution in [0.5, 0.6) is 0 Å². The van der Waals surface area contributed by atoms with Crippen molar-refractivity contribution in [3.05, 3.63) is 70.9 Å². The normalized spacial score (nSPS) is 14.1. The highest BCUT2D eigenvalue weighted by molar-refractivity contribution is 5.98. The SMILES string of the molecule is Cc1ccc(-c2c(CN)c(CC3CC3)nc3ccc(C=CC(N)=O)cc23)cc1. The van der Waals surface area contributed by atoms with Crippen LogP contribution in [0.15, 0.2) is 48.5 Å². The first-order valence-corrected chi connectivity index (χ1v) is 9.75. The van der Waals surface area contributed by atoms with Gasteiger partial charge >= 0.3 is 0 Å². The molecule has 1 saturated carbocycles. The van der Waals surface area contributed by atoms with Crippen LogP contribution in [0.1, 0.15) is 35.2 Å². The molecular formula is C24H25N3O. The quantitative estimate of drug-likeness (QED) is 0.640. The van der Waals surface area contributed by atoms with E-state index in [9.17, 15) is 4.79 Å². The van der Waals surface area contributed by atoms with Crippen LogP contribution < -0.4 is 11.5 Å². The van der Waals surface area contributed by atoms with Crippen molar-refractivity contribution in [1.82, 2.24) is 4.98 Å². The van der Waals surface area contributed by atoms with Crippen molar-refractivity contribution in [2.24, 2.45) is 17.4 Å². The van der Waals surface area contributed by atoms with E-state index in [4.69, 9.17) is 16.5 Å². The number of aryl methyl sites for hydroxylation is 1. The number of aromatic nitrogens is 1. The number of nitrogens with two attached hydrogens (primary N) is 2. The minimum atomic E-state index is -0.459. The van der Waals surface area contributed by atoms with E-state index < -0.39 is 5.91 Å². The Balaban J connectivity index is 1.96. The highest BCUT2D eigenvalue weighted by Crippen LogP contribution is 2.38. The topological polar surface area (TPSA) is 82.0 Å². The number of carbonyl (C=O) groups excluding carboxylic acids is 1. The Morgan fingerprint density at radius 2 is 1.93 bits per heavy atom. The molecule has 0 bridgehead atoms. The molecule has 4 nitrogen and oxygen atoms in total. The number of fused-ring (bicyclic) bond motifs is 1. The number of amides is 1. The van der Waals surface area contributed by atoms with E-state index in [0.717, 1.165) is 51.2 Å². The van der Waals surface area contributed by atoms with Crippen molar-refractivity contribution in [3.8, 4) is 11.1 Å². The molecule has 1 aliphatic carbocycles. The van der Waals surface area contributed by atoms with Crippen LogP contribution in [0, 0.1) is 12.8 Å². The fraction of sp³-hybridized carbons (Fsp3) is 0.250. The summed E-state index contributed by atoms with van der Waals surface area (Å²) in [5.74, 6) is 0.276. The summed E-state index contributed by atoms with van der Waals surface area (Å²) >= 11 is 0. The summed E-state index contributed by atoms with van der Waals surface area (Å²) in [4.78, 5) is 16.1. The zero-order chi connectivity index (χ0) is 19.7. The van der Waals surface area contributed by atoms with Crippen molar-refractivity contribution in [2.45, 2.75) is 32.7 Å². The van der Waals surface area contributed by atoms with Gasteiger partial charge in [0.15, 0.2) is 0 Å². The zero-order valence-electron chi connectivity index (χ0n) is 16.1. The van der Waals surface area contributed by atoms with E-state index in [-0.39, 0.29) is 0 Å². The molecule has 0 aliphatic heterocycles. The Kier molecular flexibility index (Phi) is 4.97. The largest absolute Gasteiger partial charge is 0.366 e. The van der Waals surface area contributed by atoms with Crippen LogP contribution in [-0.4, -0.2) is 10.9 Å². The Morgan fingerprint density at radius 1 is 1.18 bits per heavy atom. The van der Waals surface area contributed by atoms with E-state index in [2.05, 4.69) is 37.3 Å². The fourth-order valence-electron chi connectivity index (χ4n) is 3.69. The van der Waals surface area contributed by atoms with Gasteiger partial charge in [-0.1, -0.05) is 35.9 Å². The van der Waals surface area contributed by atoms with Crippen LogP contribution in [0.3, 0.4) is 0 Å². The van der Waals surface area contributed by atoms with Crippen LogP contribution in [0.4, 0.5) is 0 Å². The average molecular weight is 371 g/mol. The number of hydrogen-bond acceptors (Lipinski definition) is 3. The fourth-order valence-corrected chi connectivity index (χ4v) is 3.69. The van der Waals surface area contributed by atoms with Crippen molar-refractivity contribution in [2.75, 3.05) is 0 Å². The third kappa shape index (κ3) is 3.82. The van der Waals surface area contributed by atoms with Gasteiger partial charge in [-0.3, -0.25) is 9.78 Å². The Bertz CT molecular complexity index is 1060. The summed E-state index contributed by atoms with van der Waals surface area (Å²) < 4.78 is 0. The van der Waals surface area contributed by atoms with Crippen molar-refractivity contribution in [1.29, 1.82) is 0 Å². The number of pyridine rings is 1. The zero-order valence-corrected chi connectivity index (χ0v) is 16.1. The highest BCUT2D eigenvalue weighted by Gasteiger charge is 2.25. The maximum Gasteiger partial charge on any atom is 0.241 e. The van der Waals surface area contributed by atoms with E-state index in [0.29, 0.717) is 6.54 Å². The summed E-state index contributed by atoms with van der Waals surface area (Å²) in [5, 5.41) is 1.05. The van der Waals surface area contributed by atoms with Gasteiger partial charge in [-0.05, 0) is 72.6 Å². The Labute approximate surface area is 165 Å². The molecule has 3 aromatic rings. The third-order valence-corrected chi connectivity index (χ3v) is 5.36. The number of hydrogen-bond donors (Lipinski definition) is 2. The van der Waals surface area contributed by atoms with Gasteiger partial charge in [0.2, 0.25) is 5.91 Å². The number of benzene rings is 2. The molecule has 4 N–H and O–H groups in total. The van der Waals surface area contributed by atoms with Crippen LogP contribution in [0.25, 0.3) is 28.1 Å². The number of nitrogens with zero attached hydrogens (tertiary/aromatic N) is 1. The number of primary amides is 1. The number of rotatable bonds is 6. The van der Waals surface area contributed by atoms with Crippen molar-refractivity contribution >= 4 is 22.9 Å². The minimum Gasteiger partial charge on any atom is -0.366 e. The monoisotopic (exact) mass is 371 g/mol. The molecular weight excluding hydrogens is 346 g/mol. The van der Waals surface area contributed by atoms with E-state index in [1.165, 1.54) is 24.5 Å². The molecule has 1 fully saturated rings. The van der Waals surface area contributed by atoms with Gasteiger partial charge in [-0.2, -0.15) is 0 Å².